The van der Waals surface area contributed by atoms with Crippen LogP contribution in [0.15, 0.2) is 0 Å². The lowest BCUT2D eigenvalue weighted by molar-refractivity contribution is 0.237. The first-order chi connectivity index (χ1) is 5.14. The highest BCUT2D eigenvalue weighted by Crippen LogP contribution is 2.27. The summed E-state index contributed by atoms with van der Waals surface area (Å²) in [5.41, 5.74) is 6.36. The molecule has 0 aliphatic rings. The molecule has 0 unspecified atom stereocenters. The number of nitrogens with two attached hydrogens (primary N) is 1. The molecule has 0 atom stereocenters. The molecular formula is C10H23N. The second-order valence-corrected chi connectivity index (χ2v) is 3.45. The SMILES string of the molecule is CCC(CC)C(N)(CC)CC. The van der Waals surface area contributed by atoms with Gasteiger partial charge in [0, 0.05) is 5.54 Å². The van der Waals surface area contributed by atoms with Crippen LogP contribution in [0.4, 0.5) is 0 Å². The number of hydrogen-bond acceptors (Lipinski definition) is 1. The normalized spacial score (nSPS) is 12.5. The quantitative estimate of drug-likeness (QED) is 0.652. The molecule has 0 saturated heterocycles. The molecule has 0 bridgehead atoms. The zero-order valence-corrected chi connectivity index (χ0v) is 8.48. The predicted octanol–water partition coefficient (Wildman–Crippen LogP) is 2.94. The molecular weight excluding hydrogens is 134 g/mol. The van der Waals surface area contributed by atoms with Crippen molar-refractivity contribution in [2.75, 3.05) is 0 Å². The highest BCUT2D eigenvalue weighted by atomic mass is 14.7. The highest BCUT2D eigenvalue weighted by molar-refractivity contribution is 4.87. The molecule has 0 heterocycles. The second kappa shape index (κ2) is 4.76. The van der Waals surface area contributed by atoms with Gasteiger partial charge in [0.2, 0.25) is 0 Å². The van der Waals surface area contributed by atoms with Crippen molar-refractivity contribution in [2.45, 2.75) is 58.9 Å². The Bertz CT molecular complexity index is 91.0. The van der Waals surface area contributed by atoms with Gasteiger partial charge >= 0.3 is 0 Å². The van der Waals surface area contributed by atoms with Gasteiger partial charge in [-0.3, -0.25) is 0 Å². The van der Waals surface area contributed by atoms with Gasteiger partial charge in [-0.05, 0) is 18.8 Å². The summed E-state index contributed by atoms with van der Waals surface area (Å²) in [5, 5.41) is 0. The van der Waals surface area contributed by atoms with E-state index in [4.69, 9.17) is 5.73 Å². The number of hydrogen-bond donors (Lipinski definition) is 1. The molecule has 11 heavy (non-hydrogen) atoms. The summed E-state index contributed by atoms with van der Waals surface area (Å²) in [5.74, 6) is 0.706. The molecule has 0 aromatic heterocycles. The van der Waals surface area contributed by atoms with Crippen molar-refractivity contribution in [3.05, 3.63) is 0 Å². The Morgan fingerprint density at radius 2 is 1.36 bits per heavy atom. The van der Waals surface area contributed by atoms with Crippen LogP contribution in [0.5, 0.6) is 0 Å². The van der Waals surface area contributed by atoms with Crippen molar-refractivity contribution < 1.29 is 0 Å². The molecule has 0 aromatic carbocycles. The van der Waals surface area contributed by atoms with E-state index in [1.54, 1.807) is 0 Å². The minimum absolute atomic E-state index is 0.101. The third-order valence-electron chi connectivity index (χ3n) is 3.12. The summed E-state index contributed by atoms with van der Waals surface area (Å²) in [6.45, 7) is 8.87. The molecule has 0 aliphatic carbocycles. The van der Waals surface area contributed by atoms with E-state index < -0.39 is 0 Å². The first kappa shape index (κ1) is 11.0. The maximum atomic E-state index is 6.26. The Morgan fingerprint density at radius 1 is 1.00 bits per heavy atom. The topological polar surface area (TPSA) is 26.0 Å². The first-order valence-corrected chi connectivity index (χ1v) is 4.93. The average molecular weight is 157 g/mol. The largest absolute Gasteiger partial charge is 0.325 e. The third-order valence-corrected chi connectivity index (χ3v) is 3.12. The minimum Gasteiger partial charge on any atom is -0.325 e. The van der Waals surface area contributed by atoms with E-state index in [9.17, 15) is 0 Å². The lowest BCUT2D eigenvalue weighted by atomic mass is 9.77. The van der Waals surface area contributed by atoms with E-state index in [0.29, 0.717) is 5.92 Å². The van der Waals surface area contributed by atoms with Gasteiger partial charge in [-0.15, -0.1) is 0 Å². The maximum absolute atomic E-state index is 6.26. The highest BCUT2D eigenvalue weighted by Gasteiger charge is 2.28. The van der Waals surface area contributed by atoms with Crippen molar-refractivity contribution in [3.8, 4) is 0 Å². The molecule has 68 valence electrons. The van der Waals surface area contributed by atoms with Crippen LogP contribution in [0.25, 0.3) is 0 Å². The predicted molar refractivity (Wildman–Crippen MR) is 51.6 cm³/mol. The molecule has 2 N–H and O–H groups in total. The van der Waals surface area contributed by atoms with Crippen LogP contribution < -0.4 is 5.73 Å². The maximum Gasteiger partial charge on any atom is 0.0177 e. The summed E-state index contributed by atoms with van der Waals surface area (Å²) in [6, 6.07) is 0. The van der Waals surface area contributed by atoms with Crippen LogP contribution in [0.3, 0.4) is 0 Å². The fourth-order valence-electron chi connectivity index (χ4n) is 1.93. The van der Waals surface area contributed by atoms with Gasteiger partial charge in [-0.25, -0.2) is 0 Å². The Hall–Kier alpha value is -0.0400. The van der Waals surface area contributed by atoms with Crippen LogP contribution in [-0.4, -0.2) is 5.54 Å². The van der Waals surface area contributed by atoms with E-state index in [1.807, 2.05) is 0 Å². The van der Waals surface area contributed by atoms with Crippen molar-refractivity contribution in [2.24, 2.45) is 11.7 Å². The molecule has 0 aromatic rings. The fourth-order valence-corrected chi connectivity index (χ4v) is 1.93. The Labute approximate surface area is 71.4 Å². The van der Waals surface area contributed by atoms with Crippen molar-refractivity contribution in [3.63, 3.8) is 0 Å². The van der Waals surface area contributed by atoms with E-state index >= 15 is 0 Å². The first-order valence-electron chi connectivity index (χ1n) is 4.93. The summed E-state index contributed by atoms with van der Waals surface area (Å²) in [4.78, 5) is 0. The summed E-state index contributed by atoms with van der Waals surface area (Å²) < 4.78 is 0. The summed E-state index contributed by atoms with van der Waals surface area (Å²) in [6.07, 6.45) is 4.65. The van der Waals surface area contributed by atoms with E-state index in [0.717, 1.165) is 12.8 Å². The molecule has 0 fully saturated rings. The number of rotatable bonds is 5. The Kier molecular flexibility index (Phi) is 4.74. The van der Waals surface area contributed by atoms with Gasteiger partial charge in [-0.2, -0.15) is 0 Å². The van der Waals surface area contributed by atoms with Crippen LogP contribution >= 0.6 is 0 Å². The summed E-state index contributed by atoms with van der Waals surface area (Å²) >= 11 is 0. The smallest absolute Gasteiger partial charge is 0.0177 e. The van der Waals surface area contributed by atoms with Crippen molar-refractivity contribution in [1.29, 1.82) is 0 Å². The standard InChI is InChI=1S/C10H23N/c1-5-9(6-2)10(11,7-3)8-4/h9H,5-8,11H2,1-4H3. The Morgan fingerprint density at radius 3 is 1.45 bits per heavy atom. The van der Waals surface area contributed by atoms with E-state index in [-0.39, 0.29) is 5.54 Å². The molecule has 0 radical (unpaired) electrons. The molecule has 1 heteroatoms. The second-order valence-electron chi connectivity index (χ2n) is 3.45. The summed E-state index contributed by atoms with van der Waals surface area (Å²) in [7, 11) is 0. The third kappa shape index (κ3) is 2.48. The van der Waals surface area contributed by atoms with Crippen LogP contribution in [-0.2, 0) is 0 Å². The van der Waals surface area contributed by atoms with Gasteiger partial charge in [-0.1, -0.05) is 40.5 Å². The van der Waals surface area contributed by atoms with Gasteiger partial charge in [0.25, 0.3) is 0 Å². The molecule has 1 nitrogen and oxygen atoms in total. The van der Waals surface area contributed by atoms with Crippen molar-refractivity contribution in [1.82, 2.24) is 0 Å². The Balaban J connectivity index is 4.19. The van der Waals surface area contributed by atoms with Gasteiger partial charge in [0.15, 0.2) is 0 Å². The van der Waals surface area contributed by atoms with Gasteiger partial charge < -0.3 is 5.73 Å². The monoisotopic (exact) mass is 157 g/mol. The van der Waals surface area contributed by atoms with Gasteiger partial charge in [0.1, 0.15) is 0 Å². The molecule has 0 saturated carbocycles. The van der Waals surface area contributed by atoms with E-state index in [1.165, 1.54) is 12.8 Å². The van der Waals surface area contributed by atoms with Gasteiger partial charge in [0.05, 0.1) is 0 Å². The van der Waals surface area contributed by atoms with Crippen LogP contribution in [0, 0.1) is 5.92 Å². The molecule has 0 spiro atoms. The lowest BCUT2D eigenvalue weighted by Gasteiger charge is -2.35. The van der Waals surface area contributed by atoms with E-state index in [2.05, 4.69) is 27.7 Å². The zero-order valence-electron chi connectivity index (χ0n) is 8.48. The molecule has 0 aliphatic heterocycles. The minimum atomic E-state index is 0.101. The van der Waals surface area contributed by atoms with Crippen LogP contribution in [0.2, 0.25) is 0 Å². The average Bonchev–Trinajstić information content (AvgIpc) is 2.06. The zero-order chi connectivity index (χ0) is 8.91. The van der Waals surface area contributed by atoms with Crippen molar-refractivity contribution >= 4 is 0 Å². The lowest BCUT2D eigenvalue weighted by Crippen LogP contribution is -2.45. The molecule has 0 rings (SSSR count). The van der Waals surface area contributed by atoms with Crippen LogP contribution in [0.1, 0.15) is 53.4 Å². The molecule has 0 amide bonds. The fraction of sp³-hybridized carbons (Fsp3) is 1.00.